The number of oxime groups is 1. The van der Waals surface area contributed by atoms with Gasteiger partial charge in [0.05, 0.1) is 16.3 Å². The van der Waals surface area contributed by atoms with E-state index < -0.39 is 11.9 Å². The number of nitrogens with zero attached hydrogens (tertiary/aromatic N) is 1. The lowest BCUT2D eigenvalue weighted by molar-refractivity contribution is -0.125. The molecule has 1 N–H and O–H groups in total. The smallest absolute Gasteiger partial charge is 0.268 e. The van der Waals surface area contributed by atoms with E-state index in [2.05, 4.69) is 10.5 Å². The van der Waals surface area contributed by atoms with Crippen molar-refractivity contribution < 1.29 is 14.0 Å². The summed E-state index contributed by atoms with van der Waals surface area (Å²) in [6.07, 6.45) is -0.722. The minimum atomic E-state index is -0.853. The predicted molar refractivity (Wildman–Crippen MR) is 92.3 cm³/mol. The summed E-state index contributed by atoms with van der Waals surface area (Å²) in [4.78, 5) is 17.5. The largest absolute Gasteiger partial charge is 0.382 e. The van der Waals surface area contributed by atoms with Gasteiger partial charge in [0.25, 0.3) is 5.91 Å². The van der Waals surface area contributed by atoms with Crippen molar-refractivity contribution in [3.63, 3.8) is 0 Å². The van der Waals surface area contributed by atoms with E-state index in [1.807, 2.05) is 0 Å². The fourth-order valence-electron chi connectivity index (χ4n) is 2.40. The normalized spacial score (nSPS) is 16.5. The van der Waals surface area contributed by atoms with Crippen molar-refractivity contribution in [2.75, 3.05) is 5.32 Å². The Morgan fingerprint density at radius 3 is 2.71 bits per heavy atom. The van der Waals surface area contributed by atoms with E-state index in [-0.39, 0.29) is 22.9 Å². The second kappa shape index (κ2) is 6.79. The molecule has 0 bridgehead atoms. The van der Waals surface area contributed by atoms with Crippen molar-refractivity contribution in [3.8, 4) is 0 Å². The van der Waals surface area contributed by atoms with Crippen LogP contribution in [0.3, 0.4) is 0 Å². The first-order chi connectivity index (χ1) is 11.5. The fraction of sp³-hybridized carbons (Fsp3) is 0.176. The molecule has 1 aliphatic rings. The van der Waals surface area contributed by atoms with Crippen LogP contribution in [0.1, 0.15) is 17.5 Å². The molecular formula is C17H13Cl2FN2O2. The van der Waals surface area contributed by atoms with E-state index in [1.54, 1.807) is 31.2 Å². The van der Waals surface area contributed by atoms with Gasteiger partial charge in [-0.3, -0.25) is 4.79 Å². The van der Waals surface area contributed by atoms with Gasteiger partial charge < -0.3 is 10.2 Å². The molecule has 0 fully saturated rings. The van der Waals surface area contributed by atoms with Gasteiger partial charge >= 0.3 is 0 Å². The van der Waals surface area contributed by atoms with Gasteiger partial charge in [-0.1, -0.05) is 40.5 Å². The summed E-state index contributed by atoms with van der Waals surface area (Å²) in [5, 5.41) is 7.34. The van der Waals surface area contributed by atoms with Crippen LogP contribution < -0.4 is 5.32 Å². The van der Waals surface area contributed by atoms with Crippen LogP contribution in [0.15, 0.2) is 41.6 Å². The molecule has 124 valence electrons. The first kappa shape index (κ1) is 16.7. The summed E-state index contributed by atoms with van der Waals surface area (Å²) in [5.74, 6) is -0.886. The van der Waals surface area contributed by atoms with Crippen molar-refractivity contribution in [1.82, 2.24) is 0 Å². The molecule has 3 rings (SSSR count). The molecule has 1 unspecified atom stereocenters. The first-order valence-corrected chi connectivity index (χ1v) is 7.96. The second-order valence-electron chi connectivity index (χ2n) is 5.33. The van der Waals surface area contributed by atoms with Crippen molar-refractivity contribution in [3.05, 3.63) is 63.4 Å². The van der Waals surface area contributed by atoms with Gasteiger partial charge in [0.2, 0.25) is 6.10 Å². The number of carbonyl (C=O) groups excluding carboxylic acids is 1. The molecule has 0 saturated carbocycles. The van der Waals surface area contributed by atoms with Crippen LogP contribution in [0, 0.1) is 12.7 Å². The van der Waals surface area contributed by atoms with Crippen LogP contribution in [-0.4, -0.2) is 17.7 Å². The van der Waals surface area contributed by atoms with Crippen LogP contribution in [-0.2, 0) is 9.63 Å². The highest BCUT2D eigenvalue weighted by molar-refractivity contribution is 6.34. The van der Waals surface area contributed by atoms with E-state index in [1.165, 1.54) is 12.1 Å². The van der Waals surface area contributed by atoms with E-state index in [4.69, 9.17) is 28.0 Å². The van der Waals surface area contributed by atoms with Gasteiger partial charge in [-0.05, 0) is 36.8 Å². The molecule has 1 amide bonds. The molecule has 7 heteroatoms. The highest BCUT2D eigenvalue weighted by Crippen LogP contribution is 2.27. The number of benzene rings is 2. The predicted octanol–water partition coefficient (Wildman–Crippen LogP) is 4.57. The van der Waals surface area contributed by atoms with E-state index >= 15 is 0 Å². The van der Waals surface area contributed by atoms with Gasteiger partial charge in [0.1, 0.15) is 5.82 Å². The van der Waals surface area contributed by atoms with Crippen LogP contribution in [0.4, 0.5) is 10.1 Å². The number of halogens is 3. The zero-order chi connectivity index (χ0) is 17.3. The maximum absolute atomic E-state index is 13.9. The maximum atomic E-state index is 13.9. The topological polar surface area (TPSA) is 50.7 Å². The first-order valence-electron chi connectivity index (χ1n) is 7.20. The third-order valence-corrected chi connectivity index (χ3v) is 4.46. The number of hydrogen-bond acceptors (Lipinski definition) is 3. The Hall–Kier alpha value is -2.11. The quantitative estimate of drug-likeness (QED) is 0.864. The third-order valence-electron chi connectivity index (χ3n) is 3.74. The average molecular weight is 367 g/mol. The van der Waals surface area contributed by atoms with Crippen LogP contribution >= 0.6 is 23.2 Å². The summed E-state index contributed by atoms with van der Waals surface area (Å²) < 4.78 is 13.9. The van der Waals surface area contributed by atoms with Crippen LogP contribution in [0.2, 0.25) is 10.0 Å². The maximum Gasteiger partial charge on any atom is 0.268 e. The summed E-state index contributed by atoms with van der Waals surface area (Å²) in [6.45, 7) is 1.80. The van der Waals surface area contributed by atoms with Gasteiger partial charge in [-0.15, -0.1) is 0 Å². The molecule has 1 aliphatic heterocycles. The Kier molecular flexibility index (Phi) is 4.73. The summed E-state index contributed by atoms with van der Waals surface area (Å²) >= 11 is 12.0. The highest BCUT2D eigenvalue weighted by Gasteiger charge is 2.31. The lowest BCUT2D eigenvalue weighted by Crippen LogP contribution is -2.28. The monoisotopic (exact) mass is 366 g/mol. The standard InChI is InChI=1S/C17H13Cl2FN2O2/c1-9-10(18)4-3-7-13(9)21-17(23)15-8-14(22-24-15)16-11(19)5-2-6-12(16)20/h2-7,15H,8H2,1H3,(H,21,23). The van der Waals surface area contributed by atoms with Gasteiger partial charge in [-0.2, -0.15) is 0 Å². The molecule has 0 saturated heterocycles. The van der Waals surface area contributed by atoms with Crippen LogP contribution in [0.5, 0.6) is 0 Å². The highest BCUT2D eigenvalue weighted by atomic mass is 35.5. The molecule has 24 heavy (non-hydrogen) atoms. The Balaban J connectivity index is 1.73. The summed E-state index contributed by atoms with van der Waals surface area (Å²) in [6, 6.07) is 9.56. The lowest BCUT2D eigenvalue weighted by atomic mass is 10.0. The summed E-state index contributed by atoms with van der Waals surface area (Å²) in [7, 11) is 0. The van der Waals surface area contributed by atoms with Crippen molar-refractivity contribution >= 4 is 40.5 Å². The molecule has 1 atom stereocenters. The lowest BCUT2D eigenvalue weighted by Gasteiger charge is -2.12. The Labute approximate surface area is 148 Å². The second-order valence-corrected chi connectivity index (χ2v) is 6.15. The molecule has 0 spiro atoms. The Morgan fingerprint density at radius 1 is 1.25 bits per heavy atom. The average Bonchev–Trinajstić information content (AvgIpc) is 3.01. The van der Waals surface area contributed by atoms with E-state index in [0.29, 0.717) is 16.4 Å². The SMILES string of the molecule is Cc1c(Cl)cccc1NC(=O)C1CC(c2c(F)cccc2Cl)=NO1. The third kappa shape index (κ3) is 3.23. The van der Waals surface area contributed by atoms with Gasteiger partial charge in [-0.25, -0.2) is 4.39 Å². The molecule has 2 aromatic carbocycles. The molecule has 0 aromatic heterocycles. The van der Waals surface area contributed by atoms with Crippen molar-refractivity contribution in [2.45, 2.75) is 19.4 Å². The Morgan fingerprint density at radius 2 is 1.96 bits per heavy atom. The minimum absolute atomic E-state index is 0.131. The van der Waals surface area contributed by atoms with Crippen molar-refractivity contribution in [1.29, 1.82) is 0 Å². The molecule has 0 aliphatic carbocycles. The molecular weight excluding hydrogens is 354 g/mol. The fourth-order valence-corrected chi connectivity index (χ4v) is 2.84. The van der Waals surface area contributed by atoms with Crippen molar-refractivity contribution in [2.24, 2.45) is 5.16 Å². The van der Waals surface area contributed by atoms with Gasteiger partial charge in [0, 0.05) is 17.1 Å². The number of anilines is 1. The van der Waals surface area contributed by atoms with E-state index in [9.17, 15) is 9.18 Å². The Bertz CT molecular complexity index is 819. The van der Waals surface area contributed by atoms with E-state index in [0.717, 1.165) is 5.56 Å². The molecule has 0 radical (unpaired) electrons. The number of carbonyl (C=O) groups is 1. The summed E-state index contributed by atoms with van der Waals surface area (Å²) in [5.41, 5.74) is 1.81. The minimum Gasteiger partial charge on any atom is -0.382 e. The zero-order valence-corrected chi connectivity index (χ0v) is 14.2. The number of hydrogen-bond donors (Lipinski definition) is 1. The van der Waals surface area contributed by atoms with Crippen LogP contribution in [0.25, 0.3) is 0 Å². The molecule has 1 heterocycles. The van der Waals surface area contributed by atoms with Gasteiger partial charge in [0.15, 0.2) is 0 Å². The molecule has 2 aromatic rings. The zero-order valence-electron chi connectivity index (χ0n) is 12.6. The number of nitrogens with one attached hydrogen (secondary N) is 1. The number of amides is 1. The molecule has 4 nitrogen and oxygen atoms in total. The number of rotatable bonds is 3.